The van der Waals surface area contributed by atoms with Crippen molar-refractivity contribution in [1.82, 2.24) is 0 Å². The van der Waals surface area contributed by atoms with Crippen LogP contribution >= 0.6 is 0 Å². The van der Waals surface area contributed by atoms with Crippen LogP contribution in [0.5, 0.6) is 5.75 Å². The Labute approximate surface area is 102 Å². The van der Waals surface area contributed by atoms with Crippen LogP contribution in [-0.2, 0) is 4.79 Å². The molecule has 0 atom stereocenters. The summed E-state index contributed by atoms with van der Waals surface area (Å²) in [6, 6.07) is 7.38. The zero-order valence-corrected chi connectivity index (χ0v) is 10.4. The van der Waals surface area contributed by atoms with Crippen LogP contribution in [0.15, 0.2) is 24.3 Å². The van der Waals surface area contributed by atoms with Gasteiger partial charge in [-0.25, -0.2) is 0 Å². The minimum Gasteiger partial charge on any atom is -0.493 e. The predicted octanol–water partition coefficient (Wildman–Crippen LogP) is 2.01. The SMILES string of the molecule is CC(C)C(=O)Nc1cccc(OCCCN)c1. The Morgan fingerprint density at radius 1 is 1.47 bits per heavy atom. The highest BCUT2D eigenvalue weighted by Gasteiger charge is 2.07. The number of nitrogens with two attached hydrogens (primary N) is 1. The van der Waals surface area contributed by atoms with Gasteiger partial charge >= 0.3 is 0 Å². The number of carbonyl (C=O) groups excluding carboxylic acids is 1. The van der Waals surface area contributed by atoms with Crippen LogP contribution in [0.4, 0.5) is 5.69 Å². The largest absolute Gasteiger partial charge is 0.493 e. The van der Waals surface area contributed by atoms with Crippen molar-refractivity contribution in [3.05, 3.63) is 24.3 Å². The minimum atomic E-state index is -0.0307. The van der Waals surface area contributed by atoms with Gasteiger partial charge in [0.1, 0.15) is 5.75 Å². The Hall–Kier alpha value is -1.55. The minimum absolute atomic E-state index is 0.00380. The molecule has 0 bridgehead atoms. The molecule has 0 saturated carbocycles. The fourth-order valence-corrected chi connectivity index (χ4v) is 1.22. The summed E-state index contributed by atoms with van der Waals surface area (Å²) in [5.41, 5.74) is 6.14. The lowest BCUT2D eigenvalue weighted by atomic mass is 10.2. The van der Waals surface area contributed by atoms with E-state index in [4.69, 9.17) is 10.5 Å². The van der Waals surface area contributed by atoms with Crippen molar-refractivity contribution in [2.45, 2.75) is 20.3 Å². The van der Waals surface area contributed by atoms with Gasteiger partial charge in [-0.2, -0.15) is 0 Å². The first-order valence-corrected chi connectivity index (χ1v) is 5.87. The number of hydrogen-bond donors (Lipinski definition) is 2. The van der Waals surface area contributed by atoms with E-state index >= 15 is 0 Å². The fourth-order valence-electron chi connectivity index (χ4n) is 1.22. The van der Waals surface area contributed by atoms with E-state index in [1.54, 1.807) is 0 Å². The van der Waals surface area contributed by atoms with Gasteiger partial charge in [-0.3, -0.25) is 4.79 Å². The molecule has 17 heavy (non-hydrogen) atoms. The Kier molecular flexibility index (Phi) is 5.49. The number of amides is 1. The molecule has 0 saturated heterocycles. The molecular weight excluding hydrogens is 216 g/mol. The van der Waals surface area contributed by atoms with Crippen molar-refractivity contribution in [1.29, 1.82) is 0 Å². The first kappa shape index (κ1) is 13.5. The molecular formula is C13H20N2O2. The summed E-state index contributed by atoms with van der Waals surface area (Å²) in [6.45, 7) is 4.93. The number of rotatable bonds is 6. The zero-order valence-electron chi connectivity index (χ0n) is 10.4. The van der Waals surface area contributed by atoms with E-state index in [2.05, 4.69) is 5.32 Å². The molecule has 0 unspecified atom stereocenters. The number of nitrogens with one attached hydrogen (secondary N) is 1. The van der Waals surface area contributed by atoms with Crippen LogP contribution < -0.4 is 15.8 Å². The van der Waals surface area contributed by atoms with Crippen LogP contribution in [-0.4, -0.2) is 19.1 Å². The third kappa shape index (κ3) is 4.87. The van der Waals surface area contributed by atoms with Gasteiger partial charge in [0, 0.05) is 17.7 Å². The van der Waals surface area contributed by atoms with E-state index in [1.165, 1.54) is 0 Å². The van der Waals surface area contributed by atoms with Crippen molar-refractivity contribution in [2.75, 3.05) is 18.5 Å². The average Bonchev–Trinajstić information content (AvgIpc) is 2.30. The highest BCUT2D eigenvalue weighted by molar-refractivity contribution is 5.92. The molecule has 4 heteroatoms. The quantitative estimate of drug-likeness (QED) is 0.743. The maximum Gasteiger partial charge on any atom is 0.226 e. The lowest BCUT2D eigenvalue weighted by Gasteiger charge is -2.10. The monoisotopic (exact) mass is 236 g/mol. The number of benzene rings is 1. The number of anilines is 1. The van der Waals surface area contributed by atoms with E-state index in [-0.39, 0.29) is 11.8 Å². The van der Waals surface area contributed by atoms with Crippen LogP contribution in [0.2, 0.25) is 0 Å². The maximum absolute atomic E-state index is 11.5. The van der Waals surface area contributed by atoms with Gasteiger partial charge in [-0.15, -0.1) is 0 Å². The topological polar surface area (TPSA) is 64.3 Å². The van der Waals surface area contributed by atoms with Gasteiger partial charge in [-0.1, -0.05) is 19.9 Å². The van der Waals surface area contributed by atoms with E-state index in [1.807, 2.05) is 38.1 Å². The fraction of sp³-hybridized carbons (Fsp3) is 0.462. The van der Waals surface area contributed by atoms with Gasteiger partial charge < -0.3 is 15.8 Å². The van der Waals surface area contributed by atoms with Crippen molar-refractivity contribution in [3.8, 4) is 5.75 Å². The molecule has 0 radical (unpaired) electrons. The Bertz CT molecular complexity index is 364. The molecule has 0 fully saturated rings. The molecule has 1 aromatic rings. The second kappa shape index (κ2) is 6.91. The first-order valence-electron chi connectivity index (χ1n) is 5.87. The second-order valence-electron chi connectivity index (χ2n) is 4.16. The van der Waals surface area contributed by atoms with Crippen molar-refractivity contribution in [2.24, 2.45) is 11.7 Å². The third-order valence-corrected chi connectivity index (χ3v) is 2.24. The van der Waals surface area contributed by atoms with Gasteiger partial charge in [0.2, 0.25) is 5.91 Å². The summed E-state index contributed by atoms with van der Waals surface area (Å²) < 4.78 is 5.50. The number of hydrogen-bond acceptors (Lipinski definition) is 3. The summed E-state index contributed by atoms with van der Waals surface area (Å²) in [5, 5.41) is 2.83. The van der Waals surface area contributed by atoms with Gasteiger partial charge in [0.05, 0.1) is 6.61 Å². The van der Waals surface area contributed by atoms with Crippen LogP contribution in [0.1, 0.15) is 20.3 Å². The lowest BCUT2D eigenvalue weighted by molar-refractivity contribution is -0.118. The van der Waals surface area contributed by atoms with E-state index in [0.717, 1.165) is 17.9 Å². The van der Waals surface area contributed by atoms with Crippen molar-refractivity contribution < 1.29 is 9.53 Å². The molecule has 0 aromatic heterocycles. The Balaban J connectivity index is 2.56. The molecule has 3 N–H and O–H groups in total. The summed E-state index contributed by atoms with van der Waals surface area (Å²) in [5.74, 6) is 0.723. The average molecular weight is 236 g/mol. The molecule has 0 heterocycles. The maximum atomic E-state index is 11.5. The second-order valence-corrected chi connectivity index (χ2v) is 4.16. The highest BCUT2D eigenvalue weighted by atomic mass is 16.5. The molecule has 0 aliphatic rings. The third-order valence-electron chi connectivity index (χ3n) is 2.24. The summed E-state index contributed by atoms with van der Waals surface area (Å²) in [4.78, 5) is 11.5. The van der Waals surface area contributed by atoms with Crippen LogP contribution in [0, 0.1) is 5.92 Å². The molecule has 1 rings (SSSR count). The smallest absolute Gasteiger partial charge is 0.226 e. The Morgan fingerprint density at radius 3 is 2.88 bits per heavy atom. The molecule has 94 valence electrons. The number of carbonyl (C=O) groups is 1. The summed E-state index contributed by atoms with van der Waals surface area (Å²) >= 11 is 0. The Morgan fingerprint density at radius 2 is 2.24 bits per heavy atom. The zero-order chi connectivity index (χ0) is 12.7. The molecule has 0 aliphatic carbocycles. The molecule has 0 spiro atoms. The number of ether oxygens (including phenoxy) is 1. The van der Waals surface area contributed by atoms with Gasteiger partial charge in [-0.05, 0) is 25.1 Å². The van der Waals surface area contributed by atoms with Crippen LogP contribution in [0.3, 0.4) is 0 Å². The standard InChI is InChI=1S/C13H20N2O2/c1-10(2)13(16)15-11-5-3-6-12(9-11)17-8-4-7-14/h3,5-6,9-10H,4,7-8,14H2,1-2H3,(H,15,16). The van der Waals surface area contributed by atoms with Gasteiger partial charge in [0.25, 0.3) is 0 Å². The van der Waals surface area contributed by atoms with Crippen LogP contribution in [0.25, 0.3) is 0 Å². The molecule has 1 aromatic carbocycles. The highest BCUT2D eigenvalue weighted by Crippen LogP contribution is 2.18. The molecule has 0 aliphatic heterocycles. The first-order chi connectivity index (χ1) is 8.13. The lowest BCUT2D eigenvalue weighted by Crippen LogP contribution is -2.17. The predicted molar refractivity (Wildman–Crippen MR) is 69.1 cm³/mol. The summed E-state index contributed by atoms with van der Waals surface area (Å²) in [7, 11) is 0. The van der Waals surface area contributed by atoms with Gasteiger partial charge in [0.15, 0.2) is 0 Å². The van der Waals surface area contributed by atoms with Crippen molar-refractivity contribution >= 4 is 11.6 Å². The molecule has 1 amide bonds. The molecule has 4 nitrogen and oxygen atoms in total. The normalized spacial score (nSPS) is 10.4. The van der Waals surface area contributed by atoms with E-state index in [0.29, 0.717) is 13.2 Å². The van der Waals surface area contributed by atoms with E-state index in [9.17, 15) is 4.79 Å². The van der Waals surface area contributed by atoms with Crippen molar-refractivity contribution in [3.63, 3.8) is 0 Å². The van der Waals surface area contributed by atoms with E-state index < -0.39 is 0 Å². The summed E-state index contributed by atoms with van der Waals surface area (Å²) in [6.07, 6.45) is 0.822.